The van der Waals surface area contributed by atoms with E-state index < -0.39 is 126 Å². The molecule has 10 atom stereocenters. The number of piperidine rings is 1. The average Bonchev–Trinajstić information content (AvgIpc) is 4.23. The van der Waals surface area contributed by atoms with E-state index in [-0.39, 0.29) is 51.6 Å². The van der Waals surface area contributed by atoms with Crippen molar-refractivity contribution in [3.8, 4) is 6.07 Å². The smallest absolute Gasteiger partial charge is 0.408 e. The summed E-state index contributed by atoms with van der Waals surface area (Å²) >= 11 is 0. The maximum Gasteiger partial charge on any atom is 0.408 e. The van der Waals surface area contributed by atoms with E-state index in [9.17, 15) is 48.7 Å². The Morgan fingerprint density at radius 1 is 0.797 bits per heavy atom. The molecule has 19 nitrogen and oxygen atoms in total. The molecule has 6 rings (SSSR count). The molecule has 2 bridgehead atoms. The first kappa shape index (κ1) is 55.8. The van der Waals surface area contributed by atoms with Crippen LogP contribution in [0.2, 0.25) is 0 Å². The number of hydrogen-bond donors (Lipinski definition) is 5. The van der Waals surface area contributed by atoms with Gasteiger partial charge < -0.3 is 45.6 Å². The van der Waals surface area contributed by atoms with Crippen molar-refractivity contribution in [3.05, 3.63) is 107 Å². The number of rotatable bonds is 14. The molecule has 0 spiro atoms. The number of hydrogen-bond acceptors (Lipinski definition) is 13. The van der Waals surface area contributed by atoms with Gasteiger partial charge in [0.25, 0.3) is 0 Å². The van der Waals surface area contributed by atoms with E-state index in [4.69, 9.17) is 9.47 Å². The molecule has 2 aliphatic heterocycles. The first-order valence-corrected chi connectivity index (χ1v) is 25.2. The number of benzene rings is 3. The van der Waals surface area contributed by atoms with Crippen LogP contribution in [0.5, 0.6) is 0 Å². The van der Waals surface area contributed by atoms with Gasteiger partial charge in [-0.1, -0.05) is 86.6 Å². The average molecular weight is 1020 g/mol. The number of nitrogens with one attached hydrogen (secondary N) is 4. The summed E-state index contributed by atoms with van der Waals surface area (Å²) < 4.78 is 11.2. The Labute approximate surface area is 432 Å². The summed E-state index contributed by atoms with van der Waals surface area (Å²) in [6.45, 7) is 7.45. The Kier molecular flexibility index (Phi) is 19.2. The molecule has 0 aromatic heterocycles. The van der Waals surface area contributed by atoms with Gasteiger partial charge in [0.1, 0.15) is 43.1 Å². The highest BCUT2D eigenvalue weighted by atomic mass is 16.6. The highest BCUT2D eigenvalue weighted by Crippen LogP contribution is 2.36. The Bertz CT molecular complexity index is 2590. The van der Waals surface area contributed by atoms with Crippen molar-refractivity contribution in [2.24, 2.45) is 23.7 Å². The van der Waals surface area contributed by atoms with E-state index in [1.54, 1.807) is 92.7 Å². The molecular formula is C55H69N7O12. The number of aliphatic hydroxyl groups excluding tert-OH is 1. The maximum absolute atomic E-state index is 15.1. The molecule has 3 aromatic rings. The van der Waals surface area contributed by atoms with Gasteiger partial charge >= 0.3 is 12.1 Å². The van der Waals surface area contributed by atoms with Crippen molar-refractivity contribution < 1.29 is 59.2 Å². The lowest BCUT2D eigenvalue weighted by molar-refractivity contribution is -0.167. The number of ketones is 2. The third kappa shape index (κ3) is 14.6. The predicted octanol–water partition coefficient (Wildman–Crippen LogP) is 3.68. The topological polar surface area (TPSA) is 271 Å². The van der Waals surface area contributed by atoms with Crippen LogP contribution in [0.15, 0.2) is 84.9 Å². The van der Waals surface area contributed by atoms with Crippen LogP contribution < -0.4 is 21.3 Å². The van der Waals surface area contributed by atoms with Crippen molar-refractivity contribution in [2.45, 2.75) is 141 Å². The van der Waals surface area contributed by atoms with E-state index in [1.807, 2.05) is 6.07 Å². The molecule has 3 aliphatic rings. The molecule has 396 valence electrons. The summed E-state index contributed by atoms with van der Waals surface area (Å²) in [5.41, 5.74) is 2.15. The van der Waals surface area contributed by atoms with Crippen LogP contribution in [0.25, 0.3) is 0 Å². The van der Waals surface area contributed by atoms with Gasteiger partial charge in [-0.2, -0.15) is 5.26 Å². The van der Waals surface area contributed by atoms with Crippen LogP contribution in [-0.2, 0) is 67.3 Å². The molecule has 5 N–H and O–H groups in total. The van der Waals surface area contributed by atoms with Gasteiger partial charge in [0, 0.05) is 40.1 Å². The van der Waals surface area contributed by atoms with Crippen LogP contribution in [0, 0.1) is 35.0 Å². The second-order valence-corrected chi connectivity index (χ2v) is 20.0. The minimum absolute atomic E-state index is 0. The number of carbonyl (C=O) groups is 9. The van der Waals surface area contributed by atoms with Gasteiger partial charge in [-0.15, -0.1) is 0 Å². The Morgan fingerprint density at radius 3 is 2.07 bits per heavy atom. The van der Waals surface area contributed by atoms with E-state index in [1.165, 1.54) is 32.7 Å². The fourth-order valence-corrected chi connectivity index (χ4v) is 9.35. The van der Waals surface area contributed by atoms with Gasteiger partial charge in [0.05, 0.1) is 29.6 Å². The van der Waals surface area contributed by atoms with Crippen molar-refractivity contribution in [3.63, 3.8) is 0 Å². The van der Waals surface area contributed by atoms with Crippen LogP contribution in [0.3, 0.4) is 0 Å². The highest BCUT2D eigenvalue weighted by molar-refractivity contribution is 5.98. The molecule has 3 fully saturated rings. The molecule has 0 radical (unpaired) electrons. The van der Waals surface area contributed by atoms with Crippen LogP contribution in [-0.4, -0.2) is 124 Å². The van der Waals surface area contributed by atoms with E-state index >= 15 is 4.79 Å². The lowest BCUT2D eigenvalue weighted by Crippen LogP contribution is -2.62. The number of carbonyl (C=O) groups excluding carboxylic acids is 9. The number of amides is 6. The molecule has 19 heteroatoms. The van der Waals surface area contributed by atoms with Crippen molar-refractivity contribution in [1.29, 1.82) is 5.26 Å². The fraction of sp³-hybridized carbons (Fsp3) is 0.491. The molecule has 3 aromatic carbocycles. The molecule has 2 saturated heterocycles. The van der Waals surface area contributed by atoms with E-state index in [0.717, 1.165) is 10.5 Å². The minimum atomic E-state index is -1.47. The predicted molar refractivity (Wildman–Crippen MR) is 270 cm³/mol. The summed E-state index contributed by atoms with van der Waals surface area (Å²) in [5, 5.41) is 31.9. The van der Waals surface area contributed by atoms with Crippen molar-refractivity contribution in [2.75, 3.05) is 7.05 Å². The minimum Gasteiger partial charge on any atom is -0.460 e. The summed E-state index contributed by atoms with van der Waals surface area (Å²) in [7, 11) is 1.39. The van der Waals surface area contributed by atoms with E-state index in [2.05, 4.69) is 27.3 Å². The molecule has 2 heterocycles. The highest BCUT2D eigenvalue weighted by Gasteiger charge is 2.47. The number of aliphatic hydroxyl groups is 1. The number of cyclic esters (lactones) is 1. The number of nitrogens with zero attached hydrogens (tertiary/aromatic N) is 3. The number of likely N-dealkylation sites (N-methyl/N-ethyl adjacent to an activating group) is 1. The van der Waals surface area contributed by atoms with Gasteiger partial charge in [0.15, 0.2) is 11.6 Å². The summed E-state index contributed by atoms with van der Waals surface area (Å²) in [6.07, 6.45) is -3.71. The van der Waals surface area contributed by atoms with Gasteiger partial charge in [0.2, 0.25) is 29.5 Å². The third-order valence-electron chi connectivity index (χ3n) is 14.0. The Balaban J connectivity index is 0.0000104. The molecule has 74 heavy (non-hydrogen) atoms. The third-order valence-corrected chi connectivity index (χ3v) is 14.0. The zero-order valence-corrected chi connectivity index (χ0v) is 42.7. The largest absolute Gasteiger partial charge is 0.460 e. The number of esters is 1. The first-order chi connectivity index (χ1) is 35.3. The second-order valence-electron chi connectivity index (χ2n) is 20.0. The SMILES string of the molecule is CC(C)[C@@H]1NC(=O)[C@H](Cc2ccccc2)N(C)C(=O)[C@H](Cc2cccc(C#N)c2)N2C(=O)[C@H](CC[C@H]2O)CC(=O)[C@H](C2CC2)NC(=O)[C@@H](CC(=O)[C@H](C)NC(=O)[C@H](C)NC(=O)OCc2ccccc2)[C@@H](C)OC1=O.[HH]. The normalized spacial score (nSPS) is 25.2. The van der Waals surface area contributed by atoms with Gasteiger partial charge in [-0.25, -0.2) is 9.59 Å². The Hall–Kier alpha value is -7.46. The van der Waals surface area contributed by atoms with Crippen LogP contribution >= 0.6 is 0 Å². The zero-order chi connectivity index (χ0) is 53.8. The maximum atomic E-state index is 15.1. The molecular weight excluding hydrogens is 951 g/mol. The van der Waals surface area contributed by atoms with Crippen molar-refractivity contribution >= 4 is 53.2 Å². The first-order valence-electron chi connectivity index (χ1n) is 25.2. The number of nitriles is 1. The van der Waals surface area contributed by atoms with Crippen LogP contribution in [0.4, 0.5) is 4.79 Å². The molecule has 1 saturated carbocycles. The molecule has 6 amide bonds. The number of ether oxygens (including phenoxy) is 2. The summed E-state index contributed by atoms with van der Waals surface area (Å²) in [5.74, 6) is -9.26. The monoisotopic (exact) mass is 1020 g/mol. The van der Waals surface area contributed by atoms with Gasteiger partial charge in [-0.3, -0.25) is 33.6 Å². The van der Waals surface area contributed by atoms with Gasteiger partial charge in [-0.05, 0) is 87.1 Å². The summed E-state index contributed by atoms with van der Waals surface area (Å²) in [4.78, 5) is 130. The fourth-order valence-electron chi connectivity index (χ4n) is 9.35. The number of alkyl carbamates (subject to hydrolysis) is 1. The molecule has 1 aliphatic carbocycles. The van der Waals surface area contributed by atoms with Crippen molar-refractivity contribution in [1.82, 2.24) is 31.1 Å². The lowest BCUT2D eigenvalue weighted by Gasteiger charge is -2.43. The lowest BCUT2D eigenvalue weighted by atomic mass is 9.86. The second kappa shape index (κ2) is 25.5. The number of fused-ring (bicyclic) bond motifs is 2. The standard InChI is InChI=1S/C55H67N7O12.H2/c1-31(2)47-54(71)74-34(5)41(28-44(63)32(3)57-49(66)33(4)58-55(72)73-30-36-16-11-8-12-17-36)50(67)60-48(39-20-21-39)45(64)27-40-22-23-46(65)62(52(40)69)43(26-37-18-13-19-38(24-37)29-56)53(70)61(6)42(51(68)59-47)25-35-14-9-7-10-15-35;/h7-19,24,31-34,39-43,46-48,65H,20-23,25-28,30H2,1-6H3,(H,57,66)(H,58,72)(H,59,68)(H,60,67);1H/t32-,33-,34+,40+,41-,42-,43-,46+,47-,48-;/m0./s1. The van der Waals surface area contributed by atoms with Crippen LogP contribution in [0.1, 0.15) is 96.8 Å². The number of Topliss-reactive ketones (excluding diaryl/α,β-unsaturated/α-hetero) is 2. The zero-order valence-electron chi connectivity index (χ0n) is 42.7. The quantitative estimate of drug-likeness (QED) is 0.145. The van der Waals surface area contributed by atoms with E-state index in [0.29, 0.717) is 24.0 Å². The molecule has 0 unspecified atom stereocenters. The Morgan fingerprint density at radius 2 is 1.43 bits per heavy atom. The summed E-state index contributed by atoms with van der Waals surface area (Å²) in [6, 6.07) is 18.6.